The molecule has 5 heteroatoms. The highest BCUT2D eigenvalue weighted by Crippen LogP contribution is 2.36. The lowest BCUT2D eigenvalue weighted by Gasteiger charge is -2.39. The van der Waals surface area contributed by atoms with E-state index in [1.54, 1.807) is 6.07 Å². The van der Waals surface area contributed by atoms with Crippen molar-refractivity contribution in [3.63, 3.8) is 0 Å². The van der Waals surface area contributed by atoms with E-state index in [1.165, 1.54) is 38.2 Å². The van der Waals surface area contributed by atoms with E-state index in [-0.39, 0.29) is 11.9 Å². The first-order valence-electron chi connectivity index (χ1n) is 7.81. The Hall–Kier alpha value is -0.940. The van der Waals surface area contributed by atoms with Gasteiger partial charge in [-0.3, -0.25) is 0 Å². The van der Waals surface area contributed by atoms with E-state index in [0.717, 1.165) is 29.2 Å². The predicted molar refractivity (Wildman–Crippen MR) is 84.6 cm³/mol. The Balaban J connectivity index is 1.61. The lowest BCUT2D eigenvalue weighted by molar-refractivity contribution is 0.174. The second-order valence-corrected chi connectivity index (χ2v) is 7.21. The molecule has 1 saturated carbocycles. The SMILES string of the molecule is Fc1cc2[nH]c(C3CCC4CCCCC4N3)nc2cc1Br. The number of H-pyrrole nitrogens is 1. The van der Waals surface area contributed by atoms with Crippen molar-refractivity contribution in [3.05, 3.63) is 28.2 Å². The van der Waals surface area contributed by atoms with E-state index < -0.39 is 0 Å². The van der Waals surface area contributed by atoms with Gasteiger partial charge in [-0.15, -0.1) is 0 Å². The minimum atomic E-state index is -0.248. The van der Waals surface area contributed by atoms with Gasteiger partial charge in [0.1, 0.15) is 11.6 Å². The average molecular weight is 352 g/mol. The van der Waals surface area contributed by atoms with E-state index in [1.807, 2.05) is 0 Å². The summed E-state index contributed by atoms with van der Waals surface area (Å²) in [5, 5.41) is 3.76. The Labute approximate surface area is 131 Å². The minimum Gasteiger partial charge on any atom is -0.341 e. The third kappa shape index (κ3) is 2.50. The summed E-state index contributed by atoms with van der Waals surface area (Å²) in [4.78, 5) is 7.96. The van der Waals surface area contributed by atoms with E-state index >= 15 is 0 Å². The molecule has 2 aliphatic rings. The Kier molecular flexibility index (Phi) is 3.50. The summed E-state index contributed by atoms with van der Waals surface area (Å²) in [6.45, 7) is 0. The summed E-state index contributed by atoms with van der Waals surface area (Å²) < 4.78 is 14.1. The molecule has 1 aliphatic heterocycles. The molecule has 0 spiro atoms. The van der Waals surface area contributed by atoms with Crippen LogP contribution in [-0.4, -0.2) is 16.0 Å². The lowest BCUT2D eigenvalue weighted by atomic mass is 9.77. The van der Waals surface area contributed by atoms with Crippen LogP contribution < -0.4 is 5.32 Å². The first kappa shape index (κ1) is 13.7. The number of benzene rings is 1. The summed E-state index contributed by atoms with van der Waals surface area (Å²) in [7, 11) is 0. The van der Waals surface area contributed by atoms with Crippen LogP contribution in [0.3, 0.4) is 0 Å². The van der Waals surface area contributed by atoms with Crippen LogP contribution in [0.5, 0.6) is 0 Å². The number of nitrogens with zero attached hydrogens (tertiary/aromatic N) is 1. The lowest BCUT2D eigenvalue weighted by Crippen LogP contribution is -2.45. The van der Waals surface area contributed by atoms with Gasteiger partial charge < -0.3 is 10.3 Å². The van der Waals surface area contributed by atoms with Crippen molar-refractivity contribution in [1.82, 2.24) is 15.3 Å². The molecule has 112 valence electrons. The van der Waals surface area contributed by atoms with Gasteiger partial charge in [-0.1, -0.05) is 12.8 Å². The average Bonchev–Trinajstić information content (AvgIpc) is 2.90. The van der Waals surface area contributed by atoms with Gasteiger partial charge in [0, 0.05) is 12.1 Å². The number of piperidine rings is 1. The zero-order valence-electron chi connectivity index (χ0n) is 11.8. The molecule has 3 unspecified atom stereocenters. The molecule has 0 radical (unpaired) electrons. The van der Waals surface area contributed by atoms with Crippen LogP contribution in [0.25, 0.3) is 11.0 Å². The first-order valence-corrected chi connectivity index (χ1v) is 8.61. The number of aromatic nitrogens is 2. The van der Waals surface area contributed by atoms with Crippen LogP contribution in [0.2, 0.25) is 0 Å². The quantitative estimate of drug-likeness (QED) is 0.796. The van der Waals surface area contributed by atoms with Gasteiger partial charge in [-0.25, -0.2) is 9.37 Å². The van der Waals surface area contributed by atoms with E-state index in [9.17, 15) is 4.39 Å². The summed E-state index contributed by atoms with van der Waals surface area (Å²) in [5.41, 5.74) is 1.60. The summed E-state index contributed by atoms with van der Waals surface area (Å²) >= 11 is 3.22. The molecule has 2 heterocycles. The van der Waals surface area contributed by atoms with Gasteiger partial charge in [0.15, 0.2) is 0 Å². The van der Waals surface area contributed by atoms with Crippen molar-refractivity contribution in [3.8, 4) is 0 Å². The minimum absolute atomic E-state index is 0.248. The zero-order chi connectivity index (χ0) is 14.4. The maximum atomic E-state index is 13.6. The van der Waals surface area contributed by atoms with Gasteiger partial charge >= 0.3 is 0 Å². The van der Waals surface area contributed by atoms with Gasteiger partial charge in [-0.05, 0) is 53.6 Å². The molecule has 3 atom stereocenters. The zero-order valence-corrected chi connectivity index (χ0v) is 13.4. The van der Waals surface area contributed by atoms with Crippen LogP contribution in [-0.2, 0) is 0 Å². The largest absolute Gasteiger partial charge is 0.341 e. The Morgan fingerprint density at radius 1 is 1.14 bits per heavy atom. The molecule has 2 fully saturated rings. The highest BCUT2D eigenvalue weighted by Gasteiger charge is 2.33. The number of imidazole rings is 1. The summed E-state index contributed by atoms with van der Waals surface area (Å²) in [6, 6.07) is 4.17. The van der Waals surface area contributed by atoms with Crippen LogP contribution in [0, 0.1) is 11.7 Å². The fourth-order valence-corrected chi connectivity index (χ4v) is 4.23. The molecule has 0 bridgehead atoms. The van der Waals surface area contributed by atoms with Crippen molar-refractivity contribution in [1.29, 1.82) is 0 Å². The number of rotatable bonds is 1. The fraction of sp³-hybridized carbons (Fsp3) is 0.562. The maximum Gasteiger partial charge on any atom is 0.139 e. The van der Waals surface area contributed by atoms with E-state index in [0.29, 0.717) is 10.5 Å². The number of aromatic amines is 1. The number of nitrogens with one attached hydrogen (secondary N) is 2. The molecule has 2 aromatic rings. The molecule has 1 aliphatic carbocycles. The first-order chi connectivity index (χ1) is 10.2. The molecule has 21 heavy (non-hydrogen) atoms. The van der Waals surface area contributed by atoms with Crippen molar-refractivity contribution in [2.24, 2.45) is 5.92 Å². The Bertz CT molecular complexity index is 630. The van der Waals surface area contributed by atoms with Crippen LogP contribution in [0.1, 0.15) is 50.4 Å². The van der Waals surface area contributed by atoms with Crippen molar-refractivity contribution in [2.45, 2.75) is 50.6 Å². The van der Waals surface area contributed by atoms with Crippen LogP contribution in [0.15, 0.2) is 16.6 Å². The number of fused-ring (bicyclic) bond motifs is 2. The molecule has 4 rings (SSSR count). The van der Waals surface area contributed by atoms with Gasteiger partial charge in [0.05, 0.1) is 21.5 Å². The molecular weight excluding hydrogens is 333 g/mol. The topological polar surface area (TPSA) is 40.7 Å². The number of halogens is 2. The maximum absolute atomic E-state index is 13.6. The normalized spacial score (nSPS) is 29.5. The van der Waals surface area contributed by atoms with Crippen molar-refractivity contribution < 1.29 is 4.39 Å². The van der Waals surface area contributed by atoms with E-state index in [4.69, 9.17) is 0 Å². The van der Waals surface area contributed by atoms with E-state index in [2.05, 4.69) is 31.2 Å². The second-order valence-electron chi connectivity index (χ2n) is 6.35. The standard InChI is InChI=1S/C16H19BrFN3/c17-10-7-14-15(8-11(10)18)21-16(20-14)13-6-5-9-3-1-2-4-12(9)19-13/h7-9,12-13,19H,1-6H2,(H,20,21). The molecule has 1 saturated heterocycles. The van der Waals surface area contributed by atoms with Gasteiger partial charge in [0.2, 0.25) is 0 Å². The molecule has 3 nitrogen and oxygen atoms in total. The Morgan fingerprint density at radius 3 is 2.90 bits per heavy atom. The van der Waals surface area contributed by atoms with Crippen LogP contribution in [0.4, 0.5) is 4.39 Å². The monoisotopic (exact) mass is 351 g/mol. The highest BCUT2D eigenvalue weighted by molar-refractivity contribution is 9.10. The number of hydrogen-bond donors (Lipinski definition) is 2. The highest BCUT2D eigenvalue weighted by atomic mass is 79.9. The van der Waals surface area contributed by atoms with Crippen molar-refractivity contribution in [2.75, 3.05) is 0 Å². The van der Waals surface area contributed by atoms with Gasteiger partial charge in [0.25, 0.3) is 0 Å². The second kappa shape index (κ2) is 5.36. The predicted octanol–water partition coefficient (Wildman–Crippen LogP) is 4.45. The molecular formula is C16H19BrFN3. The summed E-state index contributed by atoms with van der Waals surface area (Å²) in [5.74, 6) is 1.54. The molecule has 2 N–H and O–H groups in total. The third-order valence-electron chi connectivity index (χ3n) is 5.02. The molecule has 1 aromatic heterocycles. The fourth-order valence-electron chi connectivity index (χ4n) is 3.90. The molecule has 1 aromatic carbocycles. The van der Waals surface area contributed by atoms with Gasteiger partial charge in [-0.2, -0.15) is 0 Å². The Morgan fingerprint density at radius 2 is 2.00 bits per heavy atom. The van der Waals surface area contributed by atoms with Crippen LogP contribution >= 0.6 is 15.9 Å². The van der Waals surface area contributed by atoms with Crippen molar-refractivity contribution >= 4 is 27.0 Å². The smallest absolute Gasteiger partial charge is 0.139 e. The molecule has 0 amide bonds. The summed E-state index contributed by atoms with van der Waals surface area (Å²) in [6.07, 6.45) is 7.75. The number of hydrogen-bond acceptors (Lipinski definition) is 2. The third-order valence-corrected chi connectivity index (χ3v) is 5.63.